The maximum atomic E-state index is 2.47. The second-order valence-corrected chi connectivity index (χ2v) is 12.8. The molecular formula is C48H37N3. The number of fused-ring (bicyclic) bond motifs is 9. The number of nitrogens with zero attached hydrogens (tertiary/aromatic N) is 3. The molecule has 3 heteroatoms. The van der Waals surface area contributed by atoms with Gasteiger partial charge in [0, 0.05) is 55.9 Å². The Labute approximate surface area is 299 Å². The second kappa shape index (κ2) is 12.7. The Hall–Kier alpha value is -6.58. The molecule has 0 amide bonds. The first-order chi connectivity index (χ1) is 25.3. The Morgan fingerprint density at radius 1 is 0.510 bits per heavy atom. The minimum absolute atomic E-state index is 1.11. The molecule has 9 rings (SSSR count). The molecule has 0 aliphatic carbocycles. The average molecular weight is 656 g/mol. The van der Waals surface area contributed by atoms with Gasteiger partial charge in [-0.2, -0.15) is 0 Å². The molecule has 244 valence electrons. The van der Waals surface area contributed by atoms with Crippen molar-refractivity contribution in [3.8, 4) is 27.9 Å². The molecule has 0 saturated carbocycles. The van der Waals surface area contributed by atoms with E-state index < -0.39 is 0 Å². The number of rotatable bonds is 6. The fraction of sp³-hybridized carbons (Fsp3) is 0.0417. The van der Waals surface area contributed by atoms with Crippen LogP contribution in [0.2, 0.25) is 0 Å². The van der Waals surface area contributed by atoms with Gasteiger partial charge in [-0.15, -0.1) is 0 Å². The van der Waals surface area contributed by atoms with Crippen molar-refractivity contribution in [2.24, 2.45) is 0 Å². The van der Waals surface area contributed by atoms with Crippen molar-refractivity contribution < 1.29 is 0 Å². The summed E-state index contributed by atoms with van der Waals surface area (Å²) < 4.78 is 2.47. The molecule has 51 heavy (non-hydrogen) atoms. The maximum absolute atomic E-state index is 2.47. The van der Waals surface area contributed by atoms with Crippen LogP contribution in [0.4, 0.5) is 28.4 Å². The minimum Gasteiger partial charge on any atom is -0.310 e. The third kappa shape index (κ3) is 4.97. The summed E-state index contributed by atoms with van der Waals surface area (Å²) in [5.41, 5.74) is 15.2. The van der Waals surface area contributed by atoms with Gasteiger partial charge in [-0.3, -0.25) is 0 Å². The van der Waals surface area contributed by atoms with Gasteiger partial charge < -0.3 is 14.4 Å². The van der Waals surface area contributed by atoms with Gasteiger partial charge in [0.2, 0.25) is 0 Å². The highest BCUT2D eigenvalue weighted by atomic mass is 15.2. The highest BCUT2D eigenvalue weighted by Crippen LogP contribution is 2.53. The zero-order chi connectivity index (χ0) is 34.3. The summed E-state index contributed by atoms with van der Waals surface area (Å²) in [6.07, 6.45) is 6.52. The molecule has 0 atom stereocenters. The second-order valence-electron chi connectivity index (χ2n) is 12.8. The van der Waals surface area contributed by atoms with E-state index in [1.54, 1.807) is 0 Å². The monoisotopic (exact) mass is 655 g/mol. The largest absolute Gasteiger partial charge is 0.310 e. The van der Waals surface area contributed by atoms with Crippen molar-refractivity contribution in [2.45, 2.75) is 13.8 Å². The summed E-state index contributed by atoms with van der Waals surface area (Å²) >= 11 is 0. The van der Waals surface area contributed by atoms with E-state index in [-0.39, 0.29) is 0 Å². The van der Waals surface area contributed by atoms with Crippen molar-refractivity contribution in [3.05, 3.63) is 194 Å². The van der Waals surface area contributed by atoms with E-state index >= 15 is 0 Å². The Balaban J connectivity index is 1.41. The fourth-order valence-electron chi connectivity index (χ4n) is 7.83. The van der Waals surface area contributed by atoms with E-state index in [1.165, 1.54) is 49.7 Å². The molecule has 0 unspecified atom stereocenters. The van der Waals surface area contributed by atoms with Crippen LogP contribution in [0, 0.1) is 0 Å². The lowest BCUT2D eigenvalue weighted by Gasteiger charge is -2.28. The first-order valence-electron chi connectivity index (χ1n) is 17.6. The van der Waals surface area contributed by atoms with Crippen LogP contribution in [0.3, 0.4) is 0 Å². The molecule has 2 heterocycles. The van der Waals surface area contributed by atoms with Gasteiger partial charge >= 0.3 is 0 Å². The number of allylic oxidation sites excluding steroid dienone is 3. The van der Waals surface area contributed by atoms with Crippen LogP contribution in [0.15, 0.2) is 194 Å². The predicted molar refractivity (Wildman–Crippen MR) is 217 cm³/mol. The van der Waals surface area contributed by atoms with Crippen molar-refractivity contribution in [2.75, 3.05) is 9.80 Å². The van der Waals surface area contributed by atoms with E-state index in [1.807, 2.05) is 0 Å². The minimum atomic E-state index is 1.11. The Morgan fingerprint density at radius 2 is 1.10 bits per heavy atom. The van der Waals surface area contributed by atoms with Gasteiger partial charge in [0.25, 0.3) is 0 Å². The van der Waals surface area contributed by atoms with Crippen molar-refractivity contribution in [3.63, 3.8) is 0 Å². The molecule has 1 aliphatic heterocycles. The number of hydrogen-bond acceptors (Lipinski definition) is 2. The van der Waals surface area contributed by atoms with Crippen molar-refractivity contribution in [1.82, 2.24) is 4.57 Å². The molecule has 1 aliphatic rings. The summed E-state index contributed by atoms with van der Waals surface area (Å²) in [5, 5.41) is 2.43. The normalized spacial score (nSPS) is 12.5. The number of benzene rings is 7. The van der Waals surface area contributed by atoms with Crippen LogP contribution in [-0.2, 0) is 0 Å². The molecule has 0 N–H and O–H groups in total. The van der Waals surface area contributed by atoms with E-state index in [4.69, 9.17) is 0 Å². The molecule has 1 aromatic heterocycles. The molecule has 8 aromatic rings. The number of anilines is 5. The predicted octanol–water partition coefficient (Wildman–Crippen LogP) is 13.5. The van der Waals surface area contributed by atoms with Crippen molar-refractivity contribution >= 4 is 50.2 Å². The van der Waals surface area contributed by atoms with Gasteiger partial charge in [0.05, 0.1) is 22.4 Å². The Bertz CT molecular complexity index is 2560. The number of aromatic nitrogens is 1. The summed E-state index contributed by atoms with van der Waals surface area (Å²) in [7, 11) is 0. The molecular weight excluding hydrogens is 619 g/mol. The maximum Gasteiger partial charge on any atom is 0.0626 e. The summed E-state index contributed by atoms with van der Waals surface area (Å²) in [5.74, 6) is 0. The first kappa shape index (κ1) is 30.5. The third-order valence-corrected chi connectivity index (χ3v) is 9.95. The molecule has 7 aromatic carbocycles. The lowest BCUT2D eigenvalue weighted by Crippen LogP contribution is -2.15. The SMILES string of the molecule is C/C=C\C(=C/C)N1c2ccccc2-c2ccc3c4cc(N(c5ccccc5)c5ccccc5)ccc4n(-c4ccccc4)c3c2-c2ccccc21. The van der Waals surface area contributed by atoms with Gasteiger partial charge in [-0.05, 0) is 92.2 Å². The zero-order valence-corrected chi connectivity index (χ0v) is 28.7. The van der Waals surface area contributed by atoms with Gasteiger partial charge in [-0.25, -0.2) is 0 Å². The highest BCUT2D eigenvalue weighted by molar-refractivity contribution is 6.19. The molecule has 0 spiro atoms. The van der Waals surface area contributed by atoms with Crippen molar-refractivity contribution in [1.29, 1.82) is 0 Å². The summed E-state index contributed by atoms with van der Waals surface area (Å²) in [6.45, 7) is 4.20. The van der Waals surface area contributed by atoms with Gasteiger partial charge in [-0.1, -0.05) is 115 Å². The topological polar surface area (TPSA) is 11.4 Å². The van der Waals surface area contributed by atoms with E-state index in [9.17, 15) is 0 Å². The summed E-state index contributed by atoms with van der Waals surface area (Å²) in [4.78, 5) is 4.76. The lowest BCUT2D eigenvalue weighted by atomic mass is 9.92. The smallest absolute Gasteiger partial charge is 0.0626 e. The molecule has 0 radical (unpaired) electrons. The quantitative estimate of drug-likeness (QED) is 0.165. The Kier molecular flexibility index (Phi) is 7.59. The Morgan fingerprint density at radius 3 is 1.75 bits per heavy atom. The number of para-hydroxylation sites is 5. The average Bonchev–Trinajstić information content (AvgIpc) is 3.46. The van der Waals surface area contributed by atoms with Gasteiger partial charge in [0.15, 0.2) is 0 Å². The standard InChI is InChI=1S/C48H37N3/c1-3-18-34(4-2)50-44-27-16-14-25-39(44)40-30-31-41-43-33-38(49(35-19-8-5-9-20-35)36-21-10-6-11-22-36)29-32-46(43)51(37-23-12-7-13-24-37)48(41)47(40)42-26-15-17-28-45(42)50/h3-33H,1-2H3/b18-3-,34-4+. The molecule has 0 bridgehead atoms. The fourth-order valence-corrected chi connectivity index (χ4v) is 7.83. The van der Waals surface area contributed by atoms with Crippen LogP contribution in [0.25, 0.3) is 49.7 Å². The first-order valence-corrected chi connectivity index (χ1v) is 17.6. The molecule has 0 fully saturated rings. The van der Waals surface area contributed by atoms with Crippen LogP contribution in [0.1, 0.15) is 13.8 Å². The third-order valence-electron chi connectivity index (χ3n) is 9.95. The molecule has 0 saturated heterocycles. The molecule has 3 nitrogen and oxygen atoms in total. The van der Waals surface area contributed by atoms with Crippen LogP contribution in [0.5, 0.6) is 0 Å². The lowest BCUT2D eigenvalue weighted by molar-refractivity contribution is 1.18. The van der Waals surface area contributed by atoms with E-state index in [0.717, 1.165) is 34.1 Å². The van der Waals surface area contributed by atoms with E-state index in [2.05, 4.69) is 216 Å². The zero-order valence-electron chi connectivity index (χ0n) is 28.7. The summed E-state index contributed by atoms with van der Waals surface area (Å²) in [6, 6.07) is 61.4. The van der Waals surface area contributed by atoms with Gasteiger partial charge in [0.1, 0.15) is 0 Å². The van der Waals surface area contributed by atoms with E-state index in [0.29, 0.717) is 0 Å². The van der Waals surface area contributed by atoms with Crippen LogP contribution >= 0.6 is 0 Å². The highest BCUT2D eigenvalue weighted by Gasteiger charge is 2.29. The number of hydrogen-bond donors (Lipinski definition) is 0. The van der Waals surface area contributed by atoms with Crippen LogP contribution < -0.4 is 9.80 Å². The van der Waals surface area contributed by atoms with Crippen LogP contribution in [-0.4, -0.2) is 4.57 Å².